The van der Waals surface area contributed by atoms with Crippen LogP contribution in [0.25, 0.3) is 0 Å². The van der Waals surface area contributed by atoms with Gasteiger partial charge >= 0.3 is 0 Å². The lowest BCUT2D eigenvalue weighted by Crippen LogP contribution is -2.06. The number of nitrogens with two attached hydrogens (primary N) is 1. The maximum absolute atomic E-state index is 13.3. The number of hydrogen-bond donors (Lipinski definition) is 1. The van der Waals surface area contributed by atoms with Crippen LogP contribution in [0.4, 0.5) is 10.2 Å². The summed E-state index contributed by atoms with van der Waals surface area (Å²) < 4.78 is 15.2. The highest BCUT2D eigenvalue weighted by Crippen LogP contribution is 2.20. The van der Waals surface area contributed by atoms with Gasteiger partial charge in [-0.15, -0.1) is 0 Å². The Hall–Kier alpha value is -1.07. The summed E-state index contributed by atoms with van der Waals surface area (Å²) in [5.74, 6) is 0.0688. The van der Waals surface area contributed by atoms with Crippen LogP contribution in [-0.4, -0.2) is 9.78 Å². The first-order valence-electron chi connectivity index (χ1n) is 4.48. The van der Waals surface area contributed by atoms with Crippen LogP contribution in [-0.2, 0) is 6.54 Å². The van der Waals surface area contributed by atoms with E-state index in [4.69, 9.17) is 17.3 Å². The van der Waals surface area contributed by atoms with E-state index in [0.29, 0.717) is 21.9 Å². The summed E-state index contributed by atoms with van der Waals surface area (Å²) in [5.41, 5.74) is 6.45. The minimum Gasteiger partial charge on any atom is -0.383 e. The van der Waals surface area contributed by atoms with E-state index in [9.17, 15) is 4.39 Å². The standard InChI is InChI=1S/C10H8BrClFN3/c11-7-2-1-6(3-9(7)13)5-16-10(14)8(12)4-15-16/h1-4H,5,14H2. The molecule has 0 fully saturated rings. The number of hydrogen-bond acceptors (Lipinski definition) is 2. The Kier molecular flexibility index (Phi) is 3.16. The second kappa shape index (κ2) is 4.43. The molecule has 0 saturated heterocycles. The van der Waals surface area contributed by atoms with E-state index in [2.05, 4.69) is 21.0 Å². The molecule has 0 saturated carbocycles. The lowest BCUT2D eigenvalue weighted by molar-refractivity contribution is 0.614. The molecule has 0 unspecified atom stereocenters. The maximum atomic E-state index is 13.3. The SMILES string of the molecule is Nc1c(Cl)cnn1Cc1ccc(Br)c(F)c1. The molecular weight excluding hydrogens is 296 g/mol. The summed E-state index contributed by atoms with van der Waals surface area (Å²) in [4.78, 5) is 0. The van der Waals surface area contributed by atoms with Crippen LogP contribution >= 0.6 is 27.5 Å². The Bertz CT molecular complexity index is 527. The van der Waals surface area contributed by atoms with Gasteiger partial charge in [0, 0.05) is 0 Å². The topological polar surface area (TPSA) is 43.8 Å². The van der Waals surface area contributed by atoms with E-state index in [-0.39, 0.29) is 5.82 Å². The number of nitrogen functional groups attached to an aromatic ring is 1. The van der Waals surface area contributed by atoms with E-state index in [1.165, 1.54) is 16.9 Å². The molecule has 1 heterocycles. The zero-order valence-electron chi connectivity index (χ0n) is 8.12. The van der Waals surface area contributed by atoms with Crippen molar-refractivity contribution in [3.8, 4) is 0 Å². The average molecular weight is 305 g/mol. The second-order valence-electron chi connectivity index (χ2n) is 3.28. The van der Waals surface area contributed by atoms with Gasteiger partial charge in [0.25, 0.3) is 0 Å². The van der Waals surface area contributed by atoms with Gasteiger partial charge in [-0.25, -0.2) is 9.07 Å². The smallest absolute Gasteiger partial charge is 0.140 e. The van der Waals surface area contributed by atoms with Gasteiger partial charge in [-0.3, -0.25) is 0 Å². The zero-order chi connectivity index (χ0) is 11.7. The van der Waals surface area contributed by atoms with Crippen molar-refractivity contribution in [3.05, 3.63) is 45.3 Å². The van der Waals surface area contributed by atoms with Crippen molar-refractivity contribution >= 4 is 33.3 Å². The van der Waals surface area contributed by atoms with Crippen molar-refractivity contribution in [2.45, 2.75) is 6.54 Å². The van der Waals surface area contributed by atoms with Crippen molar-refractivity contribution in [2.24, 2.45) is 0 Å². The molecule has 0 bridgehead atoms. The van der Waals surface area contributed by atoms with Crippen LogP contribution in [0.5, 0.6) is 0 Å². The highest BCUT2D eigenvalue weighted by atomic mass is 79.9. The molecule has 0 aliphatic heterocycles. The van der Waals surface area contributed by atoms with Crippen molar-refractivity contribution in [1.82, 2.24) is 9.78 Å². The molecule has 84 valence electrons. The molecule has 1 aromatic heterocycles. The number of nitrogens with zero attached hydrogens (tertiary/aromatic N) is 2. The predicted octanol–water partition coefficient (Wildman–Crippen LogP) is 3.07. The predicted molar refractivity (Wildman–Crippen MR) is 64.9 cm³/mol. The fourth-order valence-corrected chi connectivity index (χ4v) is 1.70. The second-order valence-corrected chi connectivity index (χ2v) is 4.55. The van der Waals surface area contributed by atoms with Gasteiger partial charge in [-0.2, -0.15) is 5.10 Å². The highest BCUT2D eigenvalue weighted by molar-refractivity contribution is 9.10. The van der Waals surface area contributed by atoms with Crippen LogP contribution < -0.4 is 5.73 Å². The monoisotopic (exact) mass is 303 g/mol. The molecule has 3 nitrogen and oxygen atoms in total. The van der Waals surface area contributed by atoms with Crippen LogP contribution in [0, 0.1) is 5.82 Å². The summed E-state index contributed by atoms with van der Waals surface area (Å²) in [6.45, 7) is 0.392. The molecule has 0 spiro atoms. The van der Waals surface area contributed by atoms with Gasteiger partial charge in [-0.1, -0.05) is 17.7 Å². The molecule has 0 radical (unpaired) electrons. The van der Waals surface area contributed by atoms with Gasteiger partial charge in [0.2, 0.25) is 0 Å². The number of rotatable bonds is 2. The molecule has 1 aromatic carbocycles. The van der Waals surface area contributed by atoms with E-state index < -0.39 is 0 Å². The third-order valence-corrected chi connectivity index (χ3v) is 3.08. The molecule has 6 heteroatoms. The lowest BCUT2D eigenvalue weighted by atomic mass is 10.2. The largest absolute Gasteiger partial charge is 0.383 e. The quantitative estimate of drug-likeness (QED) is 0.926. The third kappa shape index (κ3) is 2.20. The maximum Gasteiger partial charge on any atom is 0.140 e. The van der Waals surface area contributed by atoms with Crippen molar-refractivity contribution in [2.75, 3.05) is 5.73 Å². The fraction of sp³-hybridized carbons (Fsp3) is 0.100. The summed E-state index contributed by atoms with van der Waals surface area (Å²) in [6, 6.07) is 4.87. The Morgan fingerprint density at radius 3 is 2.81 bits per heavy atom. The van der Waals surface area contributed by atoms with Crippen LogP contribution in [0.1, 0.15) is 5.56 Å². The van der Waals surface area contributed by atoms with Crippen LogP contribution in [0.2, 0.25) is 5.02 Å². The highest BCUT2D eigenvalue weighted by Gasteiger charge is 2.06. The zero-order valence-corrected chi connectivity index (χ0v) is 10.5. The minimum atomic E-state index is -0.311. The normalized spacial score (nSPS) is 10.7. The molecule has 0 atom stereocenters. The van der Waals surface area contributed by atoms with Gasteiger partial charge in [0.15, 0.2) is 0 Å². The summed E-state index contributed by atoms with van der Waals surface area (Å²) >= 11 is 8.85. The molecule has 16 heavy (non-hydrogen) atoms. The summed E-state index contributed by atoms with van der Waals surface area (Å²) in [7, 11) is 0. The number of anilines is 1. The van der Waals surface area contributed by atoms with E-state index in [0.717, 1.165) is 5.56 Å². The Balaban J connectivity index is 2.27. The number of aromatic nitrogens is 2. The van der Waals surface area contributed by atoms with Gasteiger partial charge in [0.05, 0.1) is 17.2 Å². The first-order valence-corrected chi connectivity index (χ1v) is 5.65. The van der Waals surface area contributed by atoms with Gasteiger partial charge < -0.3 is 5.73 Å². The molecule has 0 amide bonds. The molecule has 2 N–H and O–H groups in total. The number of benzene rings is 1. The Morgan fingerprint density at radius 1 is 1.50 bits per heavy atom. The fourth-order valence-electron chi connectivity index (χ4n) is 1.31. The Morgan fingerprint density at radius 2 is 2.25 bits per heavy atom. The first kappa shape index (κ1) is 11.4. The Labute approximate surface area is 105 Å². The average Bonchev–Trinajstić information content (AvgIpc) is 2.55. The van der Waals surface area contributed by atoms with Gasteiger partial charge in [0.1, 0.15) is 16.7 Å². The lowest BCUT2D eigenvalue weighted by Gasteiger charge is -2.05. The molecule has 2 rings (SSSR count). The molecule has 2 aromatic rings. The minimum absolute atomic E-state index is 0.311. The molecular formula is C10H8BrClFN3. The van der Waals surface area contributed by atoms with Gasteiger partial charge in [-0.05, 0) is 33.6 Å². The first-order chi connectivity index (χ1) is 7.58. The molecule has 0 aliphatic rings. The summed E-state index contributed by atoms with van der Waals surface area (Å²) in [6.07, 6.45) is 1.46. The van der Waals surface area contributed by atoms with Crippen LogP contribution in [0.15, 0.2) is 28.9 Å². The van der Waals surface area contributed by atoms with E-state index in [1.54, 1.807) is 12.1 Å². The van der Waals surface area contributed by atoms with Crippen molar-refractivity contribution in [1.29, 1.82) is 0 Å². The van der Waals surface area contributed by atoms with E-state index >= 15 is 0 Å². The summed E-state index contributed by atoms with van der Waals surface area (Å²) in [5, 5.41) is 4.39. The van der Waals surface area contributed by atoms with E-state index in [1.807, 2.05) is 0 Å². The third-order valence-electron chi connectivity index (χ3n) is 2.15. The molecule has 0 aliphatic carbocycles. The van der Waals surface area contributed by atoms with Crippen molar-refractivity contribution in [3.63, 3.8) is 0 Å². The number of halogens is 3. The van der Waals surface area contributed by atoms with Crippen LogP contribution in [0.3, 0.4) is 0 Å². The van der Waals surface area contributed by atoms with Crippen molar-refractivity contribution < 1.29 is 4.39 Å².